The predicted molar refractivity (Wildman–Crippen MR) is 71.8 cm³/mol. The van der Waals surface area contributed by atoms with Gasteiger partial charge < -0.3 is 10.1 Å². The third-order valence-electron chi connectivity index (χ3n) is 2.37. The molecule has 19 heavy (non-hydrogen) atoms. The fraction of sp³-hybridized carbons (Fsp3) is 0.500. The van der Waals surface area contributed by atoms with Crippen molar-refractivity contribution in [3.63, 3.8) is 0 Å². The quantitative estimate of drug-likeness (QED) is 0.904. The van der Waals surface area contributed by atoms with Crippen molar-refractivity contribution in [2.24, 2.45) is 0 Å². The minimum Gasteiger partial charge on any atom is -0.444 e. The van der Waals surface area contributed by atoms with Crippen molar-refractivity contribution in [3.8, 4) is 0 Å². The van der Waals surface area contributed by atoms with Crippen LogP contribution in [0.3, 0.4) is 0 Å². The van der Waals surface area contributed by atoms with Gasteiger partial charge >= 0.3 is 6.09 Å². The zero-order valence-corrected chi connectivity index (χ0v) is 11.8. The average molecular weight is 264 g/mol. The van der Waals surface area contributed by atoms with Gasteiger partial charge in [-0.3, -0.25) is 9.78 Å². The standard InChI is InChI=1S/C14H20N2O3/c1-10(17)12(9-11-5-7-15-8-6-11)16-13(18)19-14(2,3)4/h5-8,12H,9H2,1-4H3,(H,16,18). The van der Waals surface area contributed by atoms with Gasteiger partial charge in [0.1, 0.15) is 5.60 Å². The first-order valence-electron chi connectivity index (χ1n) is 6.17. The number of Topliss-reactive ketones (excluding diaryl/α,β-unsaturated/α-hetero) is 1. The molecule has 0 aliphatic carbocycles. The average Bonchev–Trinajstić information content (AvgIpc) is 2.26. The van der Waals surface area contributed by atoms with Gasteiger partial charge in [-0.15, -0.1) is 0 Å². The van der Waals surface area contributed by atoms with Crippen molar-refractivity contribution in [3.05, 3.63) is 30.1 Å². The van der Waals surface area contributed by atoms with Crippen molar-refractivity contribution in [2.75, 3.05) is 0 Å². The number of hydrogen-bond donors (Lipinski definition) is 1. The third-order valence-corrected chi connectivity index (χ3v) is 2.37. The number of amides is 1. The van der Waals surface area contributed by atoms with Crippen LogP contribution in [0.25, 0.3) is 0 Å². The zero-order chi connectivity index (χ0) is 14.5. The molecule has 0 aromatic carbocycles. The van der Waals surface area contributed by atoms with Crippen LogP contribution in [-0.4, -0.2) is 28.5 Å². The molecule has 0 saturated heterocycles. The highest BCUT2D eigenvalue weighted by Gasteiger charge is 2.22. The van der Waals surface area contributed by atoms with Gasteiger partial charge in [-0.05, 0) is 51.8 Å². The minimum absolute atomic E-state index is 0.109. The number of alkyl carbamates (subject to hydrolysis) is 1. The zero-order valence-electron chi connectivity index (χ0n) is 11.8. The molecule has 0 aliphatic heterocycles. The molecule has 0 saturated carbocycles. The highest BCUT2D eigenvalue weighted by molar-refractivity contribution is 5.85. The third kappa shape index (κ3) is 5.99. The summed E-state index contributed by atoms with van der Waals surface area (Å²) in [5.74, 6) is -0.109. The number of carbonyl (C=O) groups excluding carboxylic acids is 2. The summed E-state index contributed by atoms with van der Waals surface area (Å²) in [5.41, 5.74) is 0.355. The van der Waals surface area contributed by atoms with Crippen LogP contribution < -0.4 is 5.32 Å². The Balaban J connectivity index is 2.64. The second-order valence-electron chi connectivity index (χ2n) is 5.37. The first kappa shape index (κ1) is 15.1. The Morgan fingerprint density at radius 3 is 2.37 bits per heavy atom. The maximum absolute atomic E-state index is 11.7. The van der Waals surface area contributed by atoms with Gasteiger partial charge in [0.25, 0.3) is 0 Å². The summed E-state index contributed by atoms with van der Waals surface area (Å²) in [7, 11) is 0. The molecule has 1 unspecified atom stereocenters. The van der Waals surface area contributed by atoms with Crippen LogP contribution in [0.1, 0.15) is 33.3 Å². The molecule has 1 N–H and O–H groups in total. The van der Waals surface area contributed by atoms with E-state index in [1.54, 1.807) is 33.2 Å². The van der Waals surface area contributed by atoms with E-state index in [4.69, 9.17) is 4.74 Å². The Morgan fingerprint density at radius 2 is 1.89 bits per heavy atom. The number of carbonyl (C=O) groups is 2. The first-order chi connectivity index (χ1) is 8.78. The molecule has 1 aromatic rings. The SMILES string of the molecule is CC(=O)C(Cc1ccncc1)NC(=O)OC(C)(C)C. The number of aromatic nitrogens is 1. The second-order valence-corrected chi connectivity index (χ2v) is 5.37. The topological polar surface area (TPSA) is 68.3 Å². The van der Waals surface area contributed by atoms with Gasteiger partial charge in [-0.1, -0.05) is 0 Å². The number of rotatable bonds is 4. The van der Waals surface area contributed by atoms with E-state index >= 15 is 0 Å². The van der Waals surface area contributed by atoms with Gasteiger partial charge in [-0.25, -0.2) is 4.79 Å². The fourth-order valence-corrected chi connectivity index (χ4v) is 1.50. The predicted octanol–water partition coefficient (Wildman–Crippen LogP) is 2.11. The maximum atomic E-state index is 11.7. The van der Waals surface area contributed by atoms with Crippen molar-refractivity contribution in [1.82, 2.24) is 10.3 Å². The molecular formula is C14H20N2O3. The Labute approximate surface area is 113 Å². The van der Waals surface area contributed by atoms with Crippen molar-refractivity contribution < 1.29 is 14.3 Å². The van der Waals surface area contributed by atoms with Crippen LogP contribution in [0.5, 0.6) is 0 Å². The Morgan fingerprint density at radius 1 is 1.32 bits per heavy atom. The van der Waals surface area contributed by atoms with Crippen LogP contribution in [0.2, 0.25) is 0 Å². The Kier molecular flexibility index (Phi) is 5.03. The molecule has 0 aliphatic rings. The molecule has 1 heterocycles. The van der Waals surface area contributed by atoms with Crippen LogP contribution in [-0.2, 0) is 16.0 Å². The lowest BCUT2D eigenvalue weighted by Gasteiger charge is -2.22. The lowest BCUT2D eigenvalue weighted by atomic mass is 10.0. The first-order valence-corrected chi connectivity index (χ1v) is 6.17. The minimum atomic E-state index is -0.586. The van der Waals surface area contributed by atoms with Gasteiger partial charge in [0.15, 0.2) is 5.78 Å². The van der Waals surface area contributed by atoms with Crippen molar-refractivity contribution >= 4 is 11.9 Å². The van der Waals surface area contributed by atoms with E-state index in [0.29, 0.717) is 6.42 Å². The molecule has 1 aromatic heterocycles. The molecule has 1 atom stereocenters. The highest BCUT2D eigenvalue weighted by atomic mass is 16.6. The van der Waals surface area contributed by atoms with E-state index < -0.39 is 17.7 Å². The maximum Gasteiger partial charge on any atom is 0.408 e. The summed E-state index contributed by atoms with van der Waals surface area (Å²) in [6, 6.07) is 3.04. The van der Waals surface area contributed by atoms with E-state index in [1.807, 2.05) is 12.1 Å². The summed E-state index contributed by atoms with van der Waals surface area (Å²) in [6.45, 7) is 6.78. The molecular weight excluding hydrogens is 244 g/mol. The molecule has 0 fully saturated rings. The summed E-state index contributed by atoms with van der Waals surface area (Å²) in [6.07, 6.45) is 3.15. The lowest BCUT2D eigenvalue weighted by molar-refractivity contribution is -0.119. The van der Waals surface area contributed by atoms with Gasteiger partial charge in [0.05, 0.1) is 6.04 Å². The van der Waals surface area contributed by atoms with Crippen LogP contribution in [0.15, 0.2) is 24.5 Å². The highest BCUT2D eigenvalue weighted by Crippen LogP contribution is 2.08. The largest absolute Gasteiger partial charge is 0.444 e. The van der Waals surface area contributed by atoms with E-state index in [-0.39, 0.29) is 5.78 Å². The van der Waals surface area contributed by atoms with Crippen LogP contribution in [0.4, 0.5) is 4.79 Å². The molecule has 1 rings (SSSR count). The molecule has 104 valence electrons. The fourth-order valence-electron chi connectivity index (χ4n) is 1.50. The summed E-state index contributed by atoms with van der Waals surface area (Å²) in [4.78, 5) is 27.1. The van der Waals surface area contributed by atoms with E-state index in [0.717, 1.165) is 5.56 Å². The van der Waals surface area contributed by atoms with E-state index in [9.17, 15) is 9.59 Å². The van der Waals surface area contributed by atoms with E-state index in [2.05, 4.69) is 10.3 Å². The van der Waals surface area contributed by atoms with E-state index in [1.165, 1.54) is 6.92 Å². The summed E-state index contributed by atoms with van der Waals surface area (Å²) >= 11 is 0. The molecule has 0 radical (unpaired) electrons. The number of pyridine rings is 1. The number of hydrogen-bond acceptors (Lipinski definition) is 4. The second kappa shape index (κ2) is 6.31. The smallest absolute Gasteiger partial charge is 0.408 e. The number of nitrogens with one attached hydrogen (secondary N) is 1. The normalized spacial score (nSPS) is 12.6. The van der Waals surface area contributed by atoms with Crippen molar-refractivity contribution in [1.29, 1.82) is 0 Å². The van der Waals surface area contributed by atoms with Gasteiger partial charge in [0.2, 0.25) is 0 Å². The Hall–Kier alpha value is -1.91. The molecule has 1 amide bonds. The molecule has 0 bridgehead atoms. The van der Waals surface area contributed by atoms with Gasteiger partial charge in [-0.2, -0.15) is 0 Å². The van der Waals surface area contributed by atoms with Crippen molar-refractivity contribution in [2.45, 2.75) is 45.8 Å². The molecule has 0 spiro atoms. The number of ether oxygens (including phenoxy) is 1. The molecule has 5 nitrogen and oxygen atoms in total. The van der Waals surface area contributed by atoms with Crippen LogP contribution >= 0.6 is 0 Å². The molecule has 5 heteroatoms. The lowest BCUT2D eigenvalue weighted by Crippen LogP contribution is -2.43. The summed E-state index contributed by atoms with van der Waals surface area (Å²) in [5, 5.41) is 2.59. The number of nitrogens with zero attached hydrogens (tertiary/aromatic N) is 1. The Bertz CT molecular complexity index is 438. The monoisotopic (exact) mass is 264 g/mol. The number of ketones is 1. The van der Waals surface area contributed by atoms with Crippen LogP contribution in [0, 0.1) is 0 Å². The van der Waals surface area contributed by atoms with Gasteiger partial charge in [0, 0.05) is 12.4 Å². The summed E-state index contributed by atoms with van der Waals surface area (Å²) < 4.78 is 5.14.